The van der Waals surface area contributed by atoms with Crippen molar-refractivity contribution in [2.45, 2.75) is 44.2 Å². The van der Waals surface area contributed by atoms with Crippen LogP contribution in [0, 0.1) is 17.2 Å². The van der Waals surface area contributed by atoms with Crippen LogP contribution in [0.4, 0.5) is 0 Å². The van der Waals surface area contributed by atoms with E-state index in [0.717, 1.165) is 63.9 Å². The summed E-state index contributed by atoms with van der Waals surface area (Å²) in [6.45, 7) is 4.21. The van der Waals surface area contributed by atoms with Crippen molar-refractivity contribution < 1.29 is 9.84 Å². The molecule has 2 aliphatic heterocycles. The second-order valence-corrected chi connectivity index (χ2v) is 6.99. The van der Waals surface area contributed by atoms with Crippen molar-refractivity contribution in [3.05, 3.63) is 35.4 Å². The number of nitriles is 1. The highest BCUT2D eigenvalue weighted by Crippen LogP contribution is 2.38. The normalized spacial score (nSPS) is 24.4. The van der Waals surface area contributed by atoms with E-state index >= 15 is 0 Å². The van der Waals surface area contributed by atoms with Crippen LogP contribution in [-0.4, -0.2) is 41.9 Å². The third-order valence-electron chi connectivity index (χ3n) is 5.39. The molecule has 2 aliphatic rings. The molecule has 2 saturated heterocycles. The Labute approximate surface area is 138 Å². The summed E-state index contributed by atoms with van der Waals surface area (Å²) in [7, 11) is 0. The minimum absolute atomic E-state index is 0.0548. The third-order valence-corrected chi connectivity index (χ3v) is 5.39. The highest BCUT2D eigenvalue weighted by Gasteiger charge is 2.39. The number of hydrogen-bond donors (Lipinski definition) is 1. The number of benzene rings is 1. The van der Waals surface area contributed by atoms with Gasteiger partial charge in [0, 0.05) is 32.8 Å². The Hall–Kier alpha value is -1.41. The van der Waals surface area contributed by atoms with Crippen molar-refractivity contribution in [3.63, 3.8) is 0 Å². The first-order valence-corrected chi connectivity index (χ1v) is 8.69. The molecular weight excluding hydrogens is 288 g/mol. The summed E-state index contributed by atoms with van der Waals surface area (Å²) in [6, 6.07) is 10.1. The molecule has 0 radical (unpaired) electrons. The predicted molar refractivity (Wildman–Crippen MR) is 88.8 cm³/mol. The molecule has 0 aromatic heterocycles. The number of likely N-dealkylation sites (tertiary alicyclic amines) is 1. The number of aliphatic hydroxyl groups excluding tert-OH is 1. The van der Waals surface area contributed by atoms with E-state index in [1.54, 1.807) is 0 Å². The van der Waals surface area contributed by atoms with Gasteiger partial charge in [0.15, 0.2) is 0 Å². The van der Waals surface area contributed by atoms with E-state index in [-0.39, 0.29) is 5.60 Å². The number of ether oxygens (including phenoxy) is 1. The summed E-state index contributed by atoms with van der Waals surface area (Å²) in [5, 5.41) is 18.0. The third kappa shape index (κ3) is 4.11. The average molecular weight is 314 g/mol. The van der Waals surface area contributed by atoms with E-state index in [4.69, 9.17) is 10.00 Å². The zero-order chi connectivity index (χ0) is 16.1. The monoisotopic (exact) mass is 314 g/mol. The Morgan fingerprint density at radius 3 is 2.65 bits per heavy atom. The Morgan fingerprint density at radius 2 is 2.00 bits per heavy atom. The lowest BCUT2D eigenvalue weighted by atomic mass is 9.78. The van der Waals surface area contributed by atoms with E-state index in [2.05, 4.69) is 23.1 Å². The molecule has 1 spiro atoms. The molecule has 0 aliphatic carbocycles. The largest absolute Gasteiger partial charge is 0.396 e. The number of hydrogen-bond acceptors (Lipinski definition) is 4. The molecule has 2 fully saturated rings. The standard InChI is InChI=1S/C19H26N2O2/c20-14-17-1-3-18(4-2-17)15-21-9-7-19(8-10-21)13-16(5-11-22)6-12-23-19/h1-4,16,22H,5-13,15H2. The fourth-order valence-electron chi connectivity index (χ4n) is 3.97. The van der Waals surface area contributed by atoms with Crippen LogP contribution < -0.4 is 0 Å². The minimum atomic E-state index is 0.0548. The summed E-state index contributed by atoms with van der Waals surface area (Å²) in [5.74, 6) is 0.624. The first-order chi connectivity index (χ1) is 11.2. The van der Waals surface area contributed by atoms with Crippen LogP contribution in [0.1, 0.15) is 43.2 Å². The second kappa shape index (κ2) is 7.44. The topological polar surface area (TPSA) is 56.5 Å². The maximum atomic E-state index is 9.18. The Morgan fingerprint density at radius 1 is 1.26 bits per heavy atom. The van der Waals surface area contributed by atoms with Gasteiger partial charge in [0.05, 0.1) is 17.2 Å². The molecule has 2 heterocycles. The number of aliphatic hydroxyl groups is 1. The summed E-state index contributed by atoms with van der Waals surface area (Å²) >= 11 is 0. The van der Waals surface area contributed by atoms with Gasteiger partial charge in [0.25, 0.3) is 0 Å². The molecule has 0 saturated carbocycles. The van der Waals surface area contributed by atoms with Crippen LogP contribution in [0.5, 0.6) is 0 Å². The lowest BCUT2D eigenvalue weighted by Gasteiger charge is -2.46. The zero-order valence-corrected chi connectivity index (χ0v) is 13.7. The van der Waals surface area contributed by atoms with E-state index < -0.39 is 0 Å². The minimum Gasteiger partial charge on any atom is -0.396 e. The summed E-state index contributed by atoms with van der Waals surface area (Å²) < 4.78 is 6.17. The van der Waals surface area contributed by atoms with Gasteiger partial charge >= 0.3 is 0 Å². The van der Waals surface area contributed by atoms with Crippen LogP contribution in [-0.2, 0) is 11.3 Å². The van der Waals surface area contributed by atoms with Crippen molar-refractivity contribution in [3.8, 4) is 6.07 Å². The summed E-state index contributed by atoms with van der Waals surface area (Å²) in [6.07, 6.45) is 5.30. The van der Waals surface area contributed by atoms with Gasteiger partial charge in [-0.1, -0.05) is 12.1 Å². The molecule has 1 unspecified atom stereocenters. The maximum Gasteiger partial charge on any atom is 0.0991 e. The average Bonchev–Trinajstić information content (AvgIpc) is 2.58. The first-order valence-electron chi connectivity index (χ1n) is 8.69. The molecule has 3 rings (SSSR count). The zero-order valence-electron chi connectivity index (χ0n) is 13.7. The Kier molecular flexibility index (Phi) is 5.32. The molecule has 23 heavy (non-hydrogen) atoms. The summed E-state index contributed by atoms with van der Waals surface area (Å²) in [4.78, 5) is 2.48. The first kappa shape index (κ1) is 16.4. The maximum absolute atomic E-state index is 9.18. The van der Waals surface area contributed by atoms with E-state index in [0.29, 0.717) is 12.5 Å². The van der Waals surface area contributed by atoms with Crippen LogP contribution in [0.3, 0.4) is 0 Å². The molecular formula is C19H26N2O2. The van der Waals surface area contributed by atoms with Crippen LogP contribution >= 0.6 is 0 Å². The molecule has 4 heteroatoms. The molecule has 4 nitrogen and oxygen atoms in total. The smallest absolute Gasteiger partial charge is 0.0991 e. The number of rotatable bonds is 4. The van der Waals surface area contributed by atoms with Gasteiger partial charge in [0.2, 0.25) is 0 Å². The van der Waals surface area contributed by atoms with Crippen molar-refractivity contribution in [1.29, 1.82) is 5.26 Å². The van der Waals surface area contributed by atoms with Crippen molar-refractivity contribution >= 4 is 0 Å². The van der Waals surface area contributed by atoms with Gasteiger partial charge in [-0.3, -0.25) is 4.90 Å². The molecule has 1 atom stereocenters. The van der Waals surface area contributed by atoms with E-state index in [1.807, 2.05) is 12.1 Å². The van der Waals surface area contributed by atoms with E-state index in [1.165, 1.54) is 5.56 Å². The molecule has 0 amide bonds. The van der Waals surface area contributed by atoms with Gasteiger partial charge in [-0.15, -0.1) is 0 Å². The van der Waals surface area contributed by atoms with Crippen molar-refractivity contribution in [2.24, 2.45) is 5.92 Å². The van der Waals surface area contributed by atoms with Gasteiger partial charge in [0.1, 0.15) is 0 Å². The quantitative estimate of drug-likeness (QED) is 0.928. The Balaban J connectivity index is 1.52. The highest BCUT2D eigenvalue weighted by molar-refractivity contribution is 5.31. The molecule has 1 aromatic rings. The summed E-state index contributed by atoms with van der Waals surface area (Å²) in [5.41, 5.74) is 2.04. The lowest BCUT2D eigenvalue weighted by Crippen LogP contribution is -2.49. The fraction of sp³-hybridized carbons (Fsp3) is 0.632. The van der Waals surface area contributed by atoms with Crippen LogP contribution in [0.25, 0.3) is 0 Å². The van der Waals surface area contributed by atoms with Crippen molar-refractivity contribution in [1.82, 2.24) is 4.90 Å². The van der Waals surface area contributed by atoms with Crippen LogP contribution in [0.2, 0.25) is 0 Å². The highest BCUT2D eigenvalue weighted by atomic mass is 16.5. The fourth-order valence-corrected chi connectivity index (χ4v) is 3.97. The molecule has 124 valence electrons. The number of piperidine rings is 1. The van der Waals surface area contributed by atoms with E-state index in [9.17, 15) is 5.11 Å². The van der Waals surface area contributed by atoms with Gasteiger partial charge < -0.3 is 9.84 Å². The molecule has 1 N–H and O–H groups in total. The second-order valence-electron chi connectivity index (χ2n) is 6.99. The van der Waals surface area contributed by atoms with Crippen molar-refractivity contribution in [2.75, 3.05) is 26.3 Å². The Bertz CT molecular complexity index is 539. The predicted octanol–water partition coefficient (Wildman–Crippen LogP) is 2.70. The van der Waals surface area contributed by atoms with Gasteiger partial charge in [-0.05, 0) is 55.7 Å². The molecule has 0 bridgehead atoms. The lowest BCUT2D eigenvalue weighted by molar-refractivity contribution is -0.129. The van der Waals surface area contributed by atoms with Gasteiger partial charge in [-0.2, -0.15) is 5.26 Å². The SMILES string of the molecule is N#Cc1ccc(CN2CCC3(CC2)CC(CCO)CCO3)cc1. The van der Waals surface area contributed by atoms with Gasteiger partial charge in [-0.25, -0.2) is 0 Å². The van der Waals surface area contributed by atoms with Crippen LogP contribution in [0.15, 0.2) is 24.3 Å². The molecule has 1 aromatic carbocycles. The number of nitrogens with zero attached hydrogens (tertiary/aromatic N) is 2.